The molecule has 0 heterocycles. The highest BCUT2D eigenvalue weighted by Crippen LogP contribution is 2.26. The molecule has 47 heavy (non-hydrogen) atoms. The molecule has 19 heteroatoms. The Labute approximate surface area is 274 Å². The summed E-state index contributed by atoms with van der Waals surface area (Å²) in [5, 5.41) is 114. The maximum atomic E-state index is 9.78. The molecule has 0 amide bonds. The van der Waals surface area contributed by atoms with Crippen molar-refractivity contribution in [2.45, 2.75) is 36.6 Å². The smallest absolute Gasteiger partial charge is 0.100 e. The van der Waals surface area contributed by atoms with Crippen LogP contribution < -0.4 is 0 Å². The summed E-state index contributed by atoms with van der Waals surface area (Å²) in [4.78, 5) is 0. The van der Waals surface area contributed by atoms with E-state index in [4.69, 9.17) is 33.2 Å². The molecule has 0 aliphatic heterocycles. The number of ether oxygens (including phenoxy) is 7. The van der Waals surface area contributed by atoms with E-state index in [-0.39, 0.29) is 92.5 Å². The van der Waals surface area contributed by atoms with Gasteiger partial charge < -0.3 is 94.4 Å². The van der Waals surface area contributed by atoms with Crippen LogP contribution in [0, 0.1) is 10.8 Å². The molecular weight excluding hydrogens is 640 g/mol. The van der Waals surface area contributed by atoms with Gasteiger partial charge in [-0.1, -0.05) is 0 Å². The molecule has 0 saturated heterocycles. The summed E-state index contributed by atoms with van der Waals surface area (Å²) in [5.41, 5.74) is -2.44. The van der Waals surface area contributed by atoms with E-state index >= 15 is 0 Å². The molecule has 0 radical (unpaired) electrons. The van der Waals surface area contributed by atoms with Crippen molar-refractivity contribution in [1.29, 1.82) is 0 Å². The monoisotopic (exact) mass is 698 g/mol. The molecule has 0 aliphatic rings. The Morgan fingerprint density at radius 1 is 0.277 bits per heavy atom. The molecule has 0 bridgehead atoms. The largest absolute Gasteiger partial charge is 0.394 e. The van der Waals surface area contributed by atoms with E-state index < -0.39 is 87.1 Å². The van der Waals surface area contributed by atoms with Crippen LogP contribution in [-0.2, 0) is 33.2 Å². The zero-order valence-electron chi connectivity index (χ0n) is 26.8. The highest BCUT2D eigenvalue weighted by atomic mass is 16.5. The van der Waals surface area contributed by atoms with E-state index in [2.05, 4.69) is 0 Å². The van der Waals surface area contributed by atoms with E-state index in [1.807, 2.05) is 0 Å². The fourth-order valence-electron chi connectivity index (χ4n) is 3.77. The molecule has 0 fully saturated rings. The molecule has 0 aliphatic carbocycles. The van der Waals surface area contributed by atoms with Crippen LogP contribution in [0.15, 0.2) is 0 Å². The number of hydrogen-bond donors (Lipinski definition) is 12. The number of hydrogen-bond acceptors (Lipinski definition) is 19. The van der Waals surface area contributed by atoms with Crippen molar-refractivity contribution in [2.75, 3.05) is 132 Å². The summed E-state index contributed by atoms with van der Waals surface area (Å²) >= 11 is 0. The van der Waals surface area contributed by atoms with Gasteiger partial charge in [0.2, 0.25) is 0 Å². The molecule has 0 rings (SSSR count). The second kappa shape index (κ2) is 28.0. The first-order chi connectivity index (χ1) is 22.4. The lowest BCUT2D eigenvalue weighted by molar-refractivity contribution is -0.160. The third kappa shape index (κ3) is 22.6. The highest BCUT2D eigenvalue weighted by molar-refractivity contribution is 4.84. The fraction of sp³-hybridized carbons (Fsp3) is 1.00. The fourth-order valence-corrected chi connectivity index (χ4v) is 3.77. The number of rotatable bonds is 34. The Kier molecular flexibility index (Phi) is 27.5. The molecule has 0 spiro atoms. The highest BCUT2D eigenvalue weighted by Gasteiger charge is 2.37. The maximum Gasteiger partial charge on any atom is 0.100 e. The molecule has 284 valence electrons. The van der Waals surface area contributed by atoms with Crippen LogP contribution in [-0.4, -0.2) is 230 Å². The Balaban J connectivity index is 6.19. The summed E-state index contributed by atoms with van der Waals surface area (Å²) in [7, 11) is 0. The van der Waals surface area contributed by atoms with Gasteiger partial charge in [0.25, 0.3) is 0 Å². The van der Waals surface area contributed by atoms with E-state index in [1.165, 1.54) is 0 Å². The van der Waals surface area contributed by atoms with Crippen LogP contribution in [0.2, 0.25) is 0 Å². The van der Waals surface area contributed by atoms with Crippen molar-refractivity contribution < 1.29 is 94.4 Å². The lowest BCUT2D eigenvalue weighted by Crippen LogP contribution is -2.47. The van der Waals surface area contributed by atoms with Gasteiger partial charge in [-0.3, -0.25) is 0 Å². The first-order valence-electron chi connectivity index (χ1n) is 15.2. The van der Waals surface area contributed by atoms with E-state index in [0.29, 0.717) is 0 Å². The molecule has 0 saturated carbocycles. The quantitative estimate of drug-likeness (QED) is 0.0297. The number of aliphatic hydroxyl groups excluding tert-OH is 12. The zero-order chi connectivity index (χ0) is 35.6. The van der Waals surface area contributed by atoms with Gasteiger partial charge >= 0.3 is 0 Å². The normalized spacial score (nSPS) is 18.6. The van der Waals surface area contributed by atoms with Crippen LogP contribution in [0.25, 0.3) is 0 Å². The minimum absolute atomic E-state index is 0.209. The van der Waals surface area contributed by atoms with Crippen molar-refractivity contribution in [2.24, 2.45) is 10.8 Å². The van der Waals surface area contributed by atoms with Crippen LogP contribution >= 0.6 is 0 Å². The van der Waals surface area contributed by atoms with E-state index in [9.17, 15) is 61.3 Å². The van der Waals surface area contributed by atoms with Crippen LogP contribution in [0.1, 0.15) is 0 Å². The van der Waals surface area contributed by atoms with Gasteiger partial charge in [0.05, 0.1) is 143 Å². The minimum Gasteiger partial charge on any atom is -0.394 e. The van der Waals surface area contributed by atoms with Crippen molar-refractivity contribution in [3.8, 4) is 0 Å². The average molecular weight is 699 g/mol. The molecular formula is C28H58O19. The van der Waals surface area contributed by atoms with Gasteiger partial charge in [-0.15, -0.1) is 0 Å². The van der Waals surface area contributed by atoms with Gasteiger partial charge in [0, 0.05) is 0 Å². The molecule has 0 aromatic rings. The first kappa shape index (κ1) is 46.2. The standard InChI is InChI=1S/C28H58O19/c29-1-21(35)7-41-13-27(14-42-8-22(36)2-30,15-43-9-23(37)3-31)19-47-20-28(16-44-10-24(38)4-32,17-45-11-25(39)5-33)18-46-12-26(40)6-34/h21-26,29-40H,1-20H2. The summed E-state index contributed by atoms with van der Waals surface area (Å²) in [6.45, 7) is -6.91. The SMILES string of the molecule is OCC(O)COCC(COCC(O)CO)(COCC(O)CO)COCC(COCC(O)CO)(COCC(O)CO)COCC(O)CO. The zero-order valence-corrected chi connectivity index (χ0v) is 26.8. The molecule has 6 atom stereocenters. The van der Waals surface area contributed by atoms with Gasteiger partial charge in [-0.25, -0.2) is 0 Å². The molecule has 0 aromatic heterocycles. The van der Waals surface area contributed by atoms with Gasteiger partial charge in [0.1, 0.15) is 36.6 Å². The molecule has 19 nitrogen and oxygen atoms in total. The van der Waals surface area contributed by atoms with E-state index in [0.717, 1.165) is 0 Å². The second-order valence-electron chi connectivity index (χ2n) is 11.6. The third-order valence-electron chi connectivity index (χ3n) is 6.39. The first-order valence-corrected chi connectivity index (χ1v) is 15.2. The lowest BCUT2D eigenvalue weighted by atomic mass is 9.90. The van der Waals surface area contributed by atoms with Crippen LogP contribution in [0.5, 0.6) is 0 Å². The van der Waals surface area contributed by atoms with Crippen molar-refractivity contribution in [1.82, 2.24) is 0 Å². The Bertz CT molecular complexity index is 569. The van der Waals surface area contributed by atoms with Gasteiger partial charge in [-0.05, 0) is 0 Å². The Morgan fingerprint density at radius 3 is 0.574 bits per heavy atom. The average Bonchev–Trinajstić information content (AvgIpc) is 3.07. The Hall–Kier alpha value is -0.760. The van der Waals surface area contributed by atoms with Gasteiger partial charge in [-0.2, -0.15) is 0 Å². The summed E-state index contributed by atoms with van der Waals surface area (Å²) < 4.78 is 39.8. The summed E-state index contributed by atoms with van der Waals surface area (Å²) in [6, 6.07) is 0. The maximum absolute atomic E-state index is 9.78. The Morgan fingerprint density at radius 2 is 0.426 bits per heavy atom. The summed E-state index contributed by atoms with van der Waals surface area (Å²) in [5.74, 6) is 0. The predicted octanol–water partition coefficient (Wildman–Crippen LogP) is -6.81. The minimum atomic E-state index is -1.22. The van der Waals surface area contributed by atoms with Crippen LogP contribution in [0.3, 0.4) is 0 Å². The van der Waals surface area contributed by atoms with Crippen molar-refractivity contribution in [3.63, 3.8) is 0 Å². The molecule has 6 unspecified atom stereocenters. The molecule has 12 N–H and O–H groups in total. The van der Waals surface area contributed by atoms with Crippen molar-refractivity contribution in [3.05, 3.63) is 0 Å². The van der Waals surface area contributed by atoms with Crippen molar-refractivity contribution >= 4 is 0 Å². The second-order valence-corrected chi connectivity index (χ2v) is 11.6. The van der Waals surface area contributed by atoms with Crippen LogP contribution in [0.4, 0.5) is 0 Å². The summed E-state index contributed by atoms with van der Waals surface area (Å²) in [6.07, 6.45) is -7.25. The topological polar surface area (TPSA) is 307 Å². The molecule has 0 aromatic carbocycles. The van der Waals surface area contributed by atoms with E-state index in [1.54, 1.807) is 0 Å². The van der Waals surface area contributed by atoms with Gasteiger partial charge in [0.15, 0.2) is 0 Å². The predicted molar refractivity (Wildman–Crippen MR) is 159 cm³/mol. The lowest BCUT2D eigenvalue weighted by Gasteiger charge is -2.37. The number of aliphatic hydroxyl groups is 12. The third-order valence-corrected chi connectivity index (χ3v) is 6.39.